The molecule has 114 valence electrons. The second-order valence-corrected chi connectivity index (χ2v) is 6.48. The second kappa shape index (κ2) is 7.76. The van der Waals surface area contributed by atoms with Crippen molar-refractivity contribution in [1.82, 2.24) is 9.80 Å². The maximum Gasteiger partial charge on any atom is 0.236 e. The Morgan fingerprint density at radius 3 is 2.50 bits per heavy atom. The number of rotatable bonds is 7. The van der Waals surface area contributed by atoms with Crippen LogP contribution in [0.1, 0.15) is 36.8 Å². The summed E-state index contributed by atoms with van der Waals surface area (Å²) >= 11 is 1.73. The molecule has 5 heteroatoms. The van der Waals surface area contributed by atoms with Crippen LogP contribution in [0.3, 0.4) is 0 Å². The monoisotopic (exact) mass is 297 g/mol. The minimum atomic E-state index is -0.00568. The molecule has 0 aliphatic carbocycles. The van der Waals surface area contributed by atoms with Crippen LogP contribution in [0.2, 0.25) is 0 Å². The Kier molecular flexibility index (Phi) is 6.65. The first kappa shape index (κ1) is 17.1. The fraction of sp³-hybridized carbons (Fsp3) is 0.667. The van der Waals surface area contributed by atoms with Crippen molar-refractivity contribution < 1.29 is 4.79 Å². The predicted molar refractivity (Wildman–Crippen MR) is 86.0 cm³/mol. The van der Waals surface area contributed by atoms with Crippen LogP contribution in [0.15, 0.2) is 11.4 Å². The largest absolute Gasteiger partial charge is 0.348 e. The number of hydrogen-bond donors (Lipinski definition) is 1. The molecule has 0 radical (unpaired) electrons. The molecule has 0 saturated heterocycles. The van der Waals surface area contributed by atoms with Crippen molar-refractivity contribution in [3.8, 4) is 0 Å². The summed E-state index contributed by atoms with van der Waals surface area (Å²) in [4.78, 5) is 17.2. The molecule has 0 aromatic carbocycles. The molecule has 20 heavy (non-hydrogen) atoms. The average molecular weight is 297 g/mol. The Hall–Kier alpha value is -0.910. The van der Waals surface area contributed by atoms with Gasteiger partial charge in [-0.25, -0.2) is 0 Å². The third-order valence-corrected chi connectivity index (χ3v) is 4.50. The second-order valence-electron chi connectivity index (χ2n) is 5.53. The van der Waals surface area contributed by atoms with Gasteiger partial charge in [-0.1, -0.05) is 6.92 Å². The molecule has 2 unspecified atom stereocenters. The zero-order valence-corrected chi connectivity index (χ0v) is 14.0. The molecule has 0 saturated carbocycles. The van der Waals surface area contributed by atoms with Crippen LogP contribution in [-0.4, -0.2) is 48.9 Å². The highest BCUT2D eigenvalue weighted by atomic mass is 32.1. The van der Waals surface area contributed by atoms with Gasteiger partial charge in [-0.05, 0) is 43.8 Å². The van der Waals surface area contributed by atoms with Crippen LogP contribution in [0.4, 0.5) is 0 Å². The van der Waals surface area contributed by atoms with Gasteiger partial charge in [0.05, 0.1) is 12.6 Å². The van der Waals surface area contributed by atoms with E-state index in [1.807, 2.05) is 6.92 Å². The number of likely N-dealkylation sites (N-methyl/N-ethyl adjacent to an activating group) is 1. The molecule has 1 aromatic rings. The standard InChI is InChI=1S/C15H27N3OS/c1-6-8-18(10-13(19)17(4)5)14(12(3)16)15-11(2)7-9-20-15/h7,9,12,14H,6,8,10,16H2,1-5H3. The molecular weight excluding hydrogens is 270 g/mol. The molecule has 0 spiro atoms. The summed E-state index contributed by atoms with van der Waals surface area (Å²) in [5.41, 5.74) is 7.48. The number of hydrogen-bond acceptors (Lipinski definition) is 4. The van der Waals surface area contributed by atoms with Gasteiger partial charge in [0.25, 0.3) is 0 Å². The van der Waals surface area contributed by atoms with Crippen molar-refractivity contribution in [2.24, 2.45) is 5.73 Å². The summed E-state index contributed by atoms with van der Waals surface area (Å²) in [6, 6.07) is 2.22. The number of aryl methyl sites for hydroxylation is 1. The van der Waals surface area contributed by atoms with E-state index >= 15 is 0 Å². The Balaban J connectivity index is 3.01. The Morgan fingerprint density at radius 1 is 1.45 bits per heavy atom. The van der Waals surface area contributed by atoms with Gasteiger partial charge in [0.1, 0.15) is 0 Å². The molecule has 1 heterocycles. The third-order valence-electron chi connectivity index (χ3n) is 3.41. The normalized spacial score (nSPS) is 14.3. The summed E-state index contributed by atoms with van der Waals surface area (Å²) in [5.74, 6) is 0.123. The lowest BCUT2D eigenvalue weighted by atomic mass is 10.0. The first-order valence-electron chi connectivity index (χ1n) is 7.12. The molecule has 1 rings (SSSR count). The van der Waals surface area contributed by atoms with E-state index < -0.39 is 0 Å². The SMILES string of the molecule is CCCN(CC(=O)N(C)C)C(c1sccc1C)C(C)N. The smallest absolute Gasteiger partial charge is 0.236 e. The van der Waals surface area contributed by atoms with Crippen molar-refractivity contribution >= 4 is 17.2 Å². The molecule has 0 aliphatic heterocycles. The third kappa shape index (κ3) is 4.30. The molecule has 2 N–H and O–H groups in total. The molecule has 2 atom stereocenters. The molecule has 0 aliphatic rings. The minimum absolute atomic E-state index is 0.00568. The van der Waals surface area contributed by atoms with Crippen LogP contribution in [-0.2, 0) is 4.79 Å². The summed E-state index contributed by atoms with van der Waals surface area (Å²) in [7, 11) is 3.59. The maximum absolute atomic E-state index is 12.1. The van der Waals surface area contributed by atoms with E-state index in [1.54, 1.807) is 30.3 Å². The van der Waals surface area contributed by atoms with E-state index in [2.05, 4.69) is 30.2 Å². The van der Waals surface area contributed by atoms with Gasteiger partial charge in [-0.15, -0.1) is 11.3 Å². The quantitative estimate of drug-likeness (QED) is 0.840. The zero-order valence-electron chi connectivity index (χ0n) is 13.2. The van der Waals surface area contributed by atoms with Gasteiger partial charge in [-0.3, -0.25) is 9.69 Å². The van der Waals surface area contributed by atoms with Crippen LogP contribution in [0, 0.1) is 6.92 Å². The van der Waals surface area contributed by atoms with Crippen LogP contribution in [0.5, 0.6) is 0 Å². The summed E-state index contributed by atoms with van der Waals surface area (Å²) in [6.45, 7) is 7.56. The maximum atomic E-state index is 12.1. The molecule has 1 amide bonds. The van der Waals surface area contributed by atoms with E-state index in [0.717, 1.165) is 13.0 Å². The summed E-state index contributed by atoms with van der Waals surface area (Å²) in [5, 5.41) is 2.10. The topological polar surface area (TPSA) is 49.6 Å². The van der Waals surface area contributed by atoms with Crippen LogP contribution in [0.25, 0.3) is 0 Å². The van der Waals surface area contributed by atoms with E-state index in [9.17, 15) is 4.79 Å². The molecule has 4 nitrogen and oxygen atoms in total. The average Bonchev–Trinajstić information content (AvgIpc) is 2.75. The first-order valence-corrected chi connectivity index (χ1v) is 8.00. The van der Waals surface area contributed by atoms with E-state index in [-0.39, 0.29) is 18.0 Å². The minimum Gasteiger partial charge on any atom is -0.348 e. The fourth-order valence-electron chi connectivity index (χ4n) is 2.34. The highest BCUT2D eigenvalue weighted by molar-refractivity contribution is 7.10. The lowest BCUT2D eigenvalue weighted by molar-refractivity contribution is -0.130. The van der Waals surface area contributed by atoms with Gasteiger partial charge >= 0.3 is 0 Å². The van der Waals surface area contributed by atoms with Gasteiger partial charge in [0.15, 0.2) is 0 Å². The molecule has 1 aromatic heterocycles. The number of nitrogens with two attached hydrogens (primary N) is 1. The molecule has 0 fully saturated rings. The number of carbonyl (C=O) groups excluding carboxylic acids is 1. The first-order chi connectivity index (χ1) is 9.38. The fourth-order valence-corrected chi connectivity index (χ4v) is 3.52. The Morgan fingerprint density at radius 2 is 2.10 bits per heavy atom. The van der Waals surface area contributed by atoms with Crippen molar-refractivity contribution in [2.45, 2.75) is 39.3 Å². The van der Waals surface area contributed by atoms with Gasteiger partial charge < -0.3 is 10.6 Å². The number of nitrogens with zero attached hydrogens (tertiary/aromatic N) is 2. The number of amides is 1. The number of thiophene rings is 1. The lowest BCUT2D eigenvalue weighted by Gasteiger charge is -2.34. The Bertz CT molecular complexity index is 429. The highest BCUT2D eigenvalue weighted by Gasteiger charge is 2.27. The lowest BCUT2D eigenvalue weighted by Crippen LogP contribution is -2.44. The van der Waals surface area contributed by atoms with Crippen LogP contribution < -0.4 is 5.73 Å². The van der Waals surface area contributed by atoms with Gasteiger partial charge in [0, 0.05) is 25.0 Å². The molecular formula is C15H27N3OS. The molecule has 0 bridgehead atoms. The summed E-state index contributed by atoms with van der Waals surface area (Å²) in [6.07, 6.45) is 1.01. The zero-order chi connectivity index (χ0) is 15.3. The number of carbonyl (C=O) groups is 1. The van der Waals surface area contributed by atoms with Crippen molar-refractivity contribution in [2.75, 3.05) is 27.2 Å². The van der Waals surface area contributed by atoms with E-state index in [1.165, 1.54) is 10.4 Å². The van der Waals surface area contributed by atoms with E-state index in [0.29, 0.717) is 6.54 Å². The van der Waals surface area contributed by atoms with Gasteiger partial charge in [0.2, 0.25) is 5.91 Å². The van der Waals surface area contributed by atoms with Crippen molar-refractivity contribution in [3.63, 3.8) is 0 Å². The van der Waals surface area contributed by atoms with E-state index in [4.69, 9.17) is 5.73 Å². The van der Waals surface area contributed by atoms with Gasteiger partial charge in [-0.2, -0.15) is 0 Å². The summed E-state index contributed by atoms with van der Waals surface area (Å²) < 4.78 is 0. The van der Waals surface area contributed by atoms with Crippen LogP contribution >= 0.6 is 11.3 Å². The van der Waals surface area contributed by atoms with Crippen molar-refractivity contribution in [1.29, 1.82) is 0 Å². The highest BCUT2D eigenvalue weighted by Crippen LogP contribution is 2.31. The predicted octanol–water partition coefficient (Wildman–Crippen LogP) is 2.25. The van der Waals surface area contributed by atoms with Crippen molar-refractivity contribution in [3.05, 3.63) is 21.9 Å². The Labute approximate surface area is 126 Å².